The van der Waals surface area contributed by atoms with Crippen LogP contribution in [-0.4, -0.2) is 47.1 Å². The average Bonchev–Trinajstić information content (AvgIpc) is 2.50. The van der Waals surface area contributed by atoms with Gasteiger partial charge in [-0.2, -0.15) is 0 Å². The van der Waals surface area contributed by atoms with Crippen molar-refractivity contribution >= 4 is 11.9 Å². The maximum atomic E-state index is 11.6. The topological polar surface area (TPSA) is 69.6 Å². The molecule has 0 aromatic carbocycles. The summed E-state index contributed by atoms with van der Waals surface area (Å²) in [6.45, 7) is 5.16. The van der Waals surface area contributed by atoms with Crippen molar-refractivity contribution in [2.75, 3.05) is 13.1 Å². The lowest BCUT2D eigenvalue weighted by molar-refractivity contribution is -0.143. The van der Waals surface area contributed by atoms with Crippen molar-refractivity contribution in [2.45, 2.75) is 58.0 Å². The lowest BCUT2D eigenvalue weighted by Crippen LogP contribution is -2.43. The minimum absolute atomic E-state index is 0.00149. The van der Waals surface area contributed by atoms with E-state index in [1.165, 1.54) is 0 Å². The van der Waals surface area contributed by atoms with Gasteiger partial charge in [0.05, 0.1) is 0 Å². The summed E-state index contributed by atoms with van der Waals surface area (Å²) in [7, 11) is 0. The zero-order valence-electron chi connectivity index (χ0n) is 11.3. The van der Waals surface area contributed by atoms with Gasteiger partial charge in [-0.15, -0.1) is 0 Å². The number of carbonyl (C=O) groups excluding carboxylic acids is 1. The fraction of sp³-hybridized carbons (Fsp3) is 0.846. The van der Waals surface area contributed by atoms with E-state index in [9.17, 15) is 14.7 Å². The number of carboxylic acid groups (broad SMARTS) is 1. The molecule has 0 spiro atoms. The Morgan fingerprint density at radius 2 is 2.06 bits per heavy atom. The summed E-state index contributed by atoms with van der Waals surface area (Å²) in [5.74, 6) is -0.764. The van der Waals surface area contributed by atoms with Crippen molar-refractivity contribution in [1.82, 2.24) is 10.2 Å². The molecule has 1 aliphatic heterocycles. The van der Waals surface area contributed by atoms with Gasteiger partial charge in [-0.1, -0.05) is 12.8 Å². The SMILES string of the molecule is CC(C)NC(=O)CCN1CCCCCC1C(=O)O. The maximum Gasteiger partial charge on any atom is 0.320 e. The molecule has 0 aromatic rings. The van der Waals surface area contributed by atoms with Crippen LogP contribution in [0.25, 0.3) is 0 Å². The van der Waals surface area contributed by atoms with E-state index in [4.69, 9.17) is 0 Å². The molecule has 1 unspecified atom stereocenters. The van der Waals surface area contributed by atoms with E-state index in [1.807, 2.05) is 18.7 Å². The van der Waals surface area contributed by atoms with Crippen LogP contribution in [0.3, 0.4) is 0 Å². The molecule has 0 saturated carbocycles. The van der Waals surface area contributed by atoms with Crippen LogP contribution in [0.5, 0.6) is 0 Å². The van der Waals surface area contributed by atoms with Gasteiger partial charge in [0.2, 0.25) is 5.91 Å². The van der Waals surface area contributed by atoms with Crippen molar-refractivity contribution in [1.29, 1.82) is 0 Å². The molecule has 1 amide bonds. The van der Waals surface area contributed by atoms with Gasteiger partial charge in [0, 0.05) is 19.0 Å². The molecular weight excluding hydrogens is 232 g/mol. The highest BCUT2D eigenvalue weighted by Gasteiger charge is 2.27. The predicted molar refractivity (Wildman–Crippen MR) is 69.4 cm³/mol. The Hall–Kier alpha value is -1.10. The summed E-state index contributed by atoms with van der Waals surface area (Å²) >= 11 is 0. The standard InChI is InChI=1S/C13H24N2O3/c1-10(2)14-12(16)7-9-15-8-5-3-4-6-11(15)13(17)18/h10-11H,3-9H2,1-2H3,(H,14,16)(H,17,18). The van der Waals surface area contributed by atoms with E-state index in [1.54, 1.807) is 0 Å². The molecule has 5 heteroatoms. The summed E-state index contributed by atoms with van der Waals surface area (Å²) in [5.41, 5.74) is 0. The van der Waals surface area contributed by atoms with Crippen LogP contribution in [0.2, 0.25) is 0 Å². The van der Waals surface area contributed by atoms with Gasteiger partial charge < -0.3 is 10.4 Å². The molecule has 1 fully saturated rings. The Bertz CT molecular complexity index is 292. The fourth-order valence-electron chi connectivity index (χ4n) is 2.35. The minimum atomic E-state index is -0.763. The Morgan fingerprint density at radius 3 is 2.67 bits per heavy atom. The van der Waals surface area contributed by atoms with Crippen LogP contribution < -0.4 is 5.32 Å². The Kier molecular flexibility index (Phi) is 6.12. The average molecular weight is 256 g/mol. The highest BCUT2D eigenvalue weighted by atomic mass is 16.4. The van der Waals surface area contributed by atoms with Crippen molar-refractivity contribution in [2.24, 2.45) is 0 Å². The van der Waals surface area contributed by atoms with Gasteiger partial charge in [0.15, 0.2) is 0 Å². The number of amides is 1. The molecule has 1 heterocycles. The highest BCUT2D eigenvalue weighted by Crippen LogP contribution is 2.17. The summed E-state index contributed by atoms with van der Waals surface area (Å²) < 4.78 is 0. The van der Waals surface area contributed by atoms with Gasteiger partial charge in [0.1, 0.15) is 6.04 Å². The molecule has 5 nitrogen and oxygen atoms in total. The lowest BCUT2D eigenvalue weighted by atomic mass is 10.1. The molecule has 104 valence electrons. The fourth-order valence-corrected chi connectivity index (χ4v) is 2.35. The van der Waals surface area contributed by atoms with Crippen LogP contribution in [0.15, 0.2) is 0 Å². The molecule has 1 saturated heterocycles. The zero-order valence-corrected chi connectivity index (χ0v) is 11.3. The van der Waals surface area contributed by atoms with Crippen LogP contribution >= 0.6 is 0 Å². The quantitative estimate of drug-likeness (QED) is 0.776. The first-order chi connectivity index (χ1) is 8.50. The molecular formula is C13H24N2O3. The highest BCUT2D eigenvalue weighted by molar-refractivity contribution is 5.76. The molecule has 1 aliphatic rings. The predicted octanol–water partition coefficient (Wildman–Crippen LogP) is 1.23. The maximum absolute atomic E-state index is 11.6. The largest absolute Gasteiger partial charge is 0.480 e. The number of nitrogens with zero attached hydrogens (tertiary/aromatic N) is 1. The summed E-state index contributed by atoms with van der Waals surface area (Å²) in [5, 5.41) is 12.0. The molecule has 2 N–H and O–H groups in total. The monoisotopic (exact) mass is 256 g/mol. The second-order valence-electron chi connectivity index (χ2n) is 5.21. The van der Waals surface area contributed by atoms with Crippen LogP contribution in [0.1, 0.15) is 46.0 Å². The van der Waals surface area contributed by atoms with Crippen LogP contribution in [0, 0.1) is 0 Å². The molecule has 0 radical (unpaired) electrons. The number of carboxylic acids is 1. The third kappa shape index (κ3) is 5.04. The van der Waals surface area contributed by atoms with Crippen molar-refractivity contribution in [3.05, 3.63) is 0 Å². The van der Waals surface area contributed by atoms with E-state index in [2.05, 4.69) is 5.32 Å². The van der Waals surface area contributed by atoms with Gasteiger partial charge in [-0.25, -0.2) is 0 Å². The first kappa shape index (κ1) is 15.0. The summed E-state index contributed by atoms with van der Waals surface area (Å²) in [6.07, 6.45) is 4.14. The third-order valence-corrected chi connectivity index (χ3v) is 3.22. The first-order valence-corrected chi connectivity index (χ1v) is 6.77. The number of likely N-dealkylation sites (tertiary alicyclic amines) is 1. The van der Waals surface area contributed by atoms with E-state index < -0.39 is 12.0 Å². The Labute approximate surface area is 109 Å². The van der Waals surface area contributed by atoms with E-state index in [0.29, 0.717) is 19.4 Å². The summed E-state index contributed by atoms with van der Waals surface area (Å²) in [4.78, 5) is 24.7. The second-order valence-corrected chi connectivity index (χ2v) is 5.21. The van der Waals surface area contributed by atoms with E-state index in [0.717, 1.165) is 25.8 Å². The Balaban J connectivity index is 2.45. The number of aliphatic carboxylic acids is 1. The van der Waals surface area contributed by atoms with Gasteiger partial charge in [0.25, 0.3) is 0 Å². The van der Waals surface area contributed by atoms with Gasteiger partial charge >= 0.3 is 5.97 Å². The van der Waals surface area contributed by atoms with Crippen molar-refractivity contribution in [3.8, 4) is 0 Å². The number of hydrogen-bond donors (Lipinski definition) is 2. The zero-order chi connectivity index (χ0) is 13.5. The molecule has 18 heavy (non-hydrogen) atoms. The van der Waals surface area contributed by atoms with E-state index >= 15 is 0 Å². The number of nitrogens with one attached hydrogen (secondary N) is 1. The normalized spacial score (nSPS) is 21.6. The van der Waals surface area contributed by atoms with Gasteiger partial charge in [-0.3, -0.25) is 14.5 Å². The van der Waals surface area contributed by atoms with E-state index in [-0.39, 0.29) is 11.9 Å². The molecule has 1 atom stereocenters. The van der Waals surface area contributed by atoms with Crippen molar-refractivity contribution < 1.29 is 14.7 Å². The molecule has 0 aromatic heterocycles. The molecule has 1 rings (SSSR count). The second kappa shape index (κ2) is 7.36. The smallest absolute Gasteiger partial charge is 0.320 e. The van der Waals surface area contributed by atoms with Gasteiger partial charge in [-0.05, 0) is 33.2 Å². The summed E-state index contributed by atoms with van der Waals surface area (Å²) in [6, 6.07) is -0.281. The first-order valence-electron chi connectivity index (χ1n) is 6.77. The minimum Gasteiger partial charge on any atom is -0.480 e. The Morgan fingerprint density at radius 1 is 1.33 bits per heavy atom. The number of rotatable bonds is 5. The lowest BCUT2D eigenvalue weighted by Gasteiger charge is -2.26. The van der Waals surface area contributed by atoms with Crippen molar-refractivity contribution in [3.63, 3.8) is 0 Å². The van der Waals surface area contributed by atoms with Crippen LogP contribution in [0.4, 0.5) is 0 Å². The number of carbonyl (C=O) groups is 2. The number of hydrogen-bond acceptors (Lipinski definition) is 3. The third-order valence-electron chi connectivity index (χ3n) is 3.22. The van der Waals surface area contributed by atoms with Crippen LogP contribution in [-0.2, 0) is 9.59 Å². The molecule has 0 bridgehead atoms. The molecule has 0 aliphatic carbocycles.